The van der Waals surface area contributed by atoms with E-state index in [1.54, 1.807) is 17.0 Å². The van der Waals surface area contributed by atoms with Gasteiger partial charge >= 0.3 is 0 Å². The molecule has 5 rings (SSSR count). The molecule has 0 bridgehead atoms. The third-order valence-corrected chi connectivity index (χ3v) is 7.17. The van der Waals surface area contributed by atoms with E-state index in [4.69, 9.17) is 17.4 Å². The summed E-state index contributed by atoms with van der Waals surface area (Å²) in [6.07, 6.45) is 0. The summed E-state index contributed by atoms with van der Waals surface area (Å²) in [5.41, 5.74) is 6.50. The molecule has 4 aromatic carbocycles. The number of carbonyl (C=O) groups is 1. The van der Waals surface area contributed by atoms with E-state index in [1.165, 1.54) is 12.1 Å². The first-order valence-electron chi connectivity index (χ1n) is 11.4. The highest BCUT2D eigenvalue weighted by Crippen LogP contribution is 2.32. The standard InChI is InChI=1S/C27H23N5O3S2/c1-17-10-13-23-21(14-17)25(30-31-27(36)29-22-8-4-5-9-24(22)37(28,34)35)26(33)32(23)16-18-11-12-19-6-2-3-7-20(19)15-18/h2-15H,16H2,1H3,(H2,28,34,35)(H2,29,31,36). The van der Waals surface area contributed by atoms with Gasteiger partial charge in [-0.3, -0.25) is 10.2 Å². The molecule has 0 radical (unpaired) electrons. The number of primary sulfonamides is 1. The molecule has 1 aliphatic rings. The van der Waals surface area contributed by atoms with Crippen LogP contribution in [0, 0.1) is 6.92 Å². The number of hydrogen-bond acceptors (Lipinski definition) is 5. The lowest BCUT2D eigenvalue weighted by atomic mass is 10.1. The van der Waals surface area contributed by atoms with E-state index in [0.717, 1.165) is 27.6 Å². The molecule has 8 nitrogen and oxygen atoms in total. The molecular formula is C27H23N5O3S2. The summed E-state index contributed by atoms with van der Waals surface area (Å²) in [5.74, 6) is -0.269. The number of amides is 1. The molecule has 0 spiro atoms. The highest BCUT2D eigenvalue weighted by molar-refractivity contribution is 7.89. The Bertz CT molecular complexity index is 1700. The maximum atomic E-state index is 13.5. The molecule has 4 N–H and O–H groups in total. The lowest BCUT2D eigenvalue weighted by molar-refractivity contribution is -0.112. The smallest absolute Gasteiger partial charge is 0.279 e. The van der Waals surface area contributed by atoms with Crippen LogP contribution in [0.3, 0.4) is 0 Å². The number of aryl methyl sites for hydroxylation is 1. The first kappa shape index (κ1) is 24.6. The van der Waals surface area contributed by atoms with Crippen molar-refractivity contribution in [1.82, 2.24) is 5.43 Å². The van der Waals surface area contributed by atoms with Crippen molar-refractivity contribution >= 4 is 61.1 Å². The van der Waals surface area contributed by atoms with Gasteiger partial charge < -0.3 is 10.2 Å². The van der Waals surface area contributed by atoms with Gasteiger partial charge in [-0.25, -0.2) is 13.6 Å². The SMILES string of the molecule is Cc1ccc2c(c1)C(=NNC(=S)Nc1ccccc1S(N)(=O)=O)C(=O)N2Cc1ccc2ccccc2c1. The van der Waals surface area contributed by atoms with Crippen LogP contribution in [-0.4, -0.2) is 25.1 Å². The first-order valence-corrected chi connectivity index (χ1v) is 13.3. The number of hydrogen-bond donors (Lipinski definition) is 3. The second-order valence-electron chi connectivity index (χ2n) is 8.66. The number of carbonyl (C=O) groups excluding carboxylic acids is 1. The number of hydrazone groups is 1. The predicted molar refractivity (Wildman–Crippen MR) is 150 cm³/mol. The summed E-state index contributed by atoms with van der Waals surface area (Å²) in [7, 11) is -3.96. The van der Waals surface area contributed by atoms with Gasteiger partial charge in [0.1, 0.15) is 4.90 Å². The van der Waals surface area contributed by atoms with E-state index in [9.17, 15) is 13.2 Å². The van der Waals surface area contributed by atoms with Gasteiger partial charge in [-0.15, -0.1) is 0 Å². The van der Waals surface area contributed by atoms with Crippen LogP contribution in [0.15, 0.2) is 94.9 Å². The number of nitrogens with two attached hydrogens (primary N) is 1. The molecule has 4 aromatic rings. The van der Waals surface area contributed by atoms with Crippen LogP contribution in [-0.2, 0) is 21.4 Å². The zero-order valence-corrected chi connectivity index (χ0v) is 21.4. The van der Waals surface area contributed by atoms with Crippen LogP contribution in [0.4, 0.5) is 11.4 Å². The van der Waals surface area contributed by atoms with Crippen LogP contribution >= 0.6 is 12.2 Å². The van der Waals surface area contributed by atoms with Gasteiger partial charge in [0.2, 0.25) is 10.0 Å². The lowest BCUT2D eigenvalue weighted by Crippen LogP contribution is -2.32. The number of anilines is 2. The van der Waals surface area contributed by atoms with Crippen molar-refractivity contribution in [2.24, 2.45) is 10.2 Å². The van der Waals surface area contributed by atoms with Crippen molar-refractivity contribution in [3.63, 3.8) is 0 Å². The van der Waals surface area contributed by atoms with E-state index < -0.39 is 10.0 Å². The fraction of sp³-hybridized carbons (Fsp3) is 0.0741. The Hall–Kier alpha value is -4.12. The van der Waals surface area contributed by atoms with Gasteiger partial charge in [0.15, 0.2) is 10.8 Å². The Morgan fingerprint density at radius 1 is 0.973 bits per heavy atom. The monoisotopic (exact) mass is 529 g/mol. The van der Waals surface area contributed by atoms with Gasteiger partial charge in [-0.1, -0.05) is 60.2 Å². The number of para-hydroxylation sites is 1. The molecule has 1 aliphatic heterocycles. The average Bonchev–Trinajstić information content (AvgIpc) is 3.12. The fourth-order valence-corrected chi connectivity index (χ4v) is 5.14. The minimum Gasteiger partial charge on any atom is -0.330 e. The van der Waals surface area contributed by atoms with Crippen LogP contribution in [0.25, 0.3) is 10.8 Å². The Labute approximate surface area is 219 Å². The normalized spacial score (nSPS) is 14.2. The van der Waals surface area contributed by atoms with Crippen LogP contribution in [0.5, 0.6) is 0 Å². The number of fused-ring (bicyclic) bond motifs is 2. The average molecular weight is 530 g/mol. The summed E-state index contributed by atoms with van der Waals surface area (Å²) in [6, 6.07) is 26.1. The zero-order valence-electron chi connectivity index (χ0n) is 19.8. The van der Waals surface area contributed by atoms with Crippen molar-refractivity contribution in [2.75, 3.05) is 10.2 Å². The molecule has 186 valence electrons. The molecular weight excluding hydrogens is 506 g/mol. The van der Waals surface area contributed by atoms with E-state index >= 15 is 0 Å². The first-order chi connectivity index (χ1) is 17.7. The molecule has 0 saturated carbocycles. The van der Waals surface area contributed by atoms with Crippen LogP contribution in [0.1, 0.15) is 16.7 Å². The zero-order chi connectivity index (χ0) is 26.2. The minimum atomic E-state index is -3.96. The highest BCUT2D eigenvalue weighted by Gasteiger charge is 2.34. The topological polar surface area (TPSA) is 117 Å². The number of benzene rings is 4. The summed E-state index contributed by atoms with van der Waals surface area (Å²) >= 11 is 5.31. The fourth-order valence-electron chi connectivity index (χ4n) is 4.29. The van der Waals surface area contributed by atoms with E-state index in [-0.39, 0.29) is 27.3 Å². The number of nitrogens with zero attached hydrogens (tertiary/aromatic N) is 2. The van der Waals surface area contributed by atoms with E-state index in [0.29, 0.717) is 12.1 Å². The Morgan fingerprint density at radius 2 is 1.70 bits per heavy atom. The highest BCUT2D eigenvalue weighted by atomic mass is 32.2. The third kappa shape index (κ3) is 5.08. The quantitative estimate of drug-likeness (QED) is 0.265. The second-order valence-corrected chi connectivity index (χ2v) is 10.6. The maximum Gasteiger partial charge on any atom is 0.279 e. The minimum absolute atomic E-state index is 0.0126. The number of sulfonamides is 1. The molecule has 37 heavy (non-hydrogen) atoms. The van der Waals surface area contributed by atoms with Crippen molar-refractivity contribution in [3.8, 4) is 0 Å². The van der Waals surface area contributed by atoms with E-state index in [2.05, 4.69) is 21.9 Å². The largest absolute Gasteiger partial charge is 0.330 e. The number of thiocarbonyl (C=S) groups is 1. The summed E-state index contributed by atoms with van der Waals surface area (Å²) < 4.78 is 23.7. The van der Waals surface area contributed by atoms with Gasteiger partial charge in [-0.2, -0.15) is 5.10 Å². The van der Waals surface area contributed by atoms with Gasteiger partial charge in [0.25, 0.3) is 5.91 Å². The summed E-state index contributed by atoms with van der Waals surface area (Å²) in [5, 5.41) is 14.6. The molecule has 0 saturated heterocycles. The predicted octanol–water partition coefficient (Wildman–Crippen LogP) is 4.03. The number of nitrogens with one attached hydrogen (secondary N) is 2. The number of rotatable bonds is 5. The van der Waals surface area contributed by atoms with Crippen molar-refractivity contribution in [3.05, 3.63) is 102 Å². The molecule has 1 heterocycles. The third-order valence-electron chi connectivity index (χ3n) is 6.01. The molecule has 0 aliphatic carbocycles. The van der Waals surface area contributed by atoms with E-state index in [1.807, 2.05) is 61.5 Å². The van der Waals surface area contributed by atoms with Crippen LogP contribution < -0.4 is 20.8 Å². The van der Waals surface area contributed by atoms with Crippen molar-refractivity contribution in [2.45, 2.75) is 18.4 Å². The van der Waals surface area contributed by atoms with Gasteiger partial charge in [0.05, 0.1) is 17.9 Å². The summed E-state index contributed by atoms with van der Waals surface area (Å²) in [6.45, 7) is 2.32. The molecule has 0 atom stereocenters. The molecule has 0 aromatic heterocycles. The lowest BCUT2D eigenvalue weighted by Gasteiger charge is -2.17. The Balaban J connectivity index is 1.41. The van der Waals surface area contributed by atoms with Crippen molar-refractivity contribution < 1.29 is 13.2 Å². The molecule has 1 amide bonds. The second kappa shape index (κ2) is 9.74. The molecule has 0 unspecified atom stereocenters. The Kier molecular flexibility index (Phi) is 6.46. The van der Waals surface area contributed by atoms with Crippen molar-refractivity contribution in [1.29, 1.82) is 0 Å². The molecule has 10 heteroatoms. The van der Waals surface area contributed by atoms with Gasteiger partial charge in [-0.05, 0) is 65.8 Å². The van der Waals surface area contributed by atoms with Gasteiger partial charge in [0, 0.05) is 5.56 Å². The molecule has 0 fully saturated rings. The Morgan fingerprint density at radius 3 is 2.49 bits per heavy atom. The summed E-state index contributed by atoms with van der Waals surface area (Å²) in [4.78, 5) is 15.1. The van der Waals surface area contributed by atoms with Crippen LogP contribution in [0.2, 0.25) is 0 Å². The maximum absolute atomic E-state index is 13.5.